The number of nitrogens with one attached hydrogen (secondary N) is 1. The van der Waals surface area contributed by atoms with E-state index >= 15 is 0 Å². The fourth-order valence-corrected chi connectivity index (χ4v) is 2.32. The van der Waals surface area contributed by atoms with Gasteiger partial charge in [0.25, 0.3) is 0 Å². The third kappa shape index (κ3) is 1.92. The summed E-state index contributed by atoms with van der Waals surface area (Å²) in [6, 6.07) is 4.30. The highest BCUT2D eigenvalue weighted by Crippen LogP contribution is 2.34. The normalized spacial score (nSPS) is 22.1. The molecule has 1 saturated heterocycles. The minimum atomic E-state index is -0.914. The average Bonchev–Trinajstić information content (AvgIpc) is 2.64. The fourth-order valence-electron chi connectivity index (χ4n) is 2.32. The summed E-state index contributed by atoms with van der Waals surface area (Å²) >= 11 is 0. The van der Waals surface area contributed by atoms with E-state index in [0.717, 1.165) is 0 Å². The standard InChI is InChI=1S/C12H12FNO3/c13-9-1-2-10-8(5-9)6-12(7-11(15)14-10)16-3-4-17-12/h1-2,5H,3-4,6-7H2,(H,14,15). The van der Waals surface area contributed by atoms with Crippen LogP contribution in [0.2, 0.25) is 0 Å². The van der Waals surface area contributed by atoms with Crippen molar-refractivity contribution in [2.45, 2.75) is 18.6 Å². The van der Waals surface area contributed by atoms with Crippen molar-refractivity contribution in [3.63, 3.8) is 0 Å². The van der Waals surface area contributed by atoms with Gasteiger partial charge in [-0.3, -0.25) is 4.79 Å². The van der Waals surface area contributed by atoms with Crippen molar-refractivity contribution >= 4 is 11.6 Å². The Bertz CT molecular complexity index is 469. The largest absolute Gasteiger partial charge is 0.347 e. The summed E-state index contributed by atoms with van der Waals surface area (Å²) < 4.78 is 24.3. The Labute approximate surface area is 97.7 Å². The Hall–Kier alpha value is -1.46. The Morgan fingerprint density at radius 1 is 1.24 bits per heavy atom. The van der Waals surface area contributed by atoms with Crippen LogP contribution in [0.1, 0.15) is 12.0 Å². The van der Waals surface area contributed by atoms with Crippen molar-refractivity contribution in [2.24, 2.45) is 0 Å². The molecule has 90 valence electrons. The summed E-state index contributed by atoms with van der Waals surface area (Å²) in [7, 11) is 0. The van der Waals surface area contributed by atoms with Gasteiger partial charge in [-0.05, 0) is 23.8 Å². The number of benzene rings is 1. The molecule has 1 amide bonds. The van der Waals surface area contributed by atoms with Crippen LogP contribution in [0.5, 0.6) is 0 Å². The van der Waals surface area contributed by atoms with Crippen LogP contribution in [-0.4, -0.2) is 24.9 Å². The lowest BCUT2D eigenvalue weighted by atomic mass is 10.0. The topological polar surface area (TPSA) is 47.6 Å². The third-order valence-electron chi connectivity index (χ3n) is 3.04. The zero-order valence-corrected chi connectivity index (χ0v) is 9.16. The first-order chi connectivity index (χ1) is 8.17. The number of carbonyl (C=O) groups is 1. The molecule has 0 radical (unpaired) electrons. The zero-order valence-electron chi connectivity index (χ0n) is 9.16. The molecule has 5 heteroatoms. The van der Waals surface area contributed by atoms with Crippen molar-refractivity contribution < 1.29 is 18.7 Å². The van der Waals surface area contributed by atoms with E-state index in [-0.39, 0.29) is 18.1 Å². The summed E-state index contributed by atoms with van der Waals surface area (Å²) in [4.78, 5) is 11.7. The first-order valence-electron chi connectivity index (χ1n) is 5.53. The van der Waals surface area contributed by atoms with E-state index in [9.17, 15) is 9.18 Å². The average molecular weight is 237 g/mol. The number of ether oxygens (including phenoxy) is 2. The van der Waals surface area contributed by atoms with Gasteiger partial charge in [0.2, 0.25) is 5.91 Å². The van der Waals surface area contributed by atoms with Crippen LogP contribution in [-0.2, 0) is 20.7 Å². The molecular weight excluding hydrogens is 225 g/mol. The molecule has 0 aliphatic carbocycles. The molecule has 0 aromatic heterocycles. The summed E-state index contributed by atoms with van der Waals surface area (Å²) in [5.41, 5.74) is 1.34. The van der Waals surface area contributed by atoms with E-state index < -0.39 is 5.79 Å². The van der Waals surface area contributed by atoms with E-state index in [1.54, 1.807) is 6.07 Å². The number of halogens is 1. The van der Waals surface area contributed by atoms with Gasteiger partial charge in [0.15, 0.2) is 5.79 Å². The molecule has 2 aliphatic rings. The first-order valence-corrected chi connectivity index (χ1v) is 5.53. The monoisotopic (exact) mass is 237 g/mol. The van der Waals surface area contributed by atoms with Crippen LogP contribution < -0.4 is 5.32 Å². The number of carbonyl (C=O) groups excluding carboxylic acids is 1. The van der Waals surface area contributed by atoms with Gasteiger partial charge in [-0.2, -0.15) is 0 Å². The lowest BCUT2D eigenvalue weighted by Crippen LogP contribution is -2.35. The van der Waals surface area contributed by atoms with Crippen molar-refractivity contribution in [1.82, 2.24) is 0 Å². The van der Waals surface area contributed by atoms with E-state index in [1.807, 2.05) is 0 Å². The van der Waals surface area contributed by atoms with E-state index in [2.05, 4.69) is 5.32 Å². The highest BCUT2D eigenvalue weighted by atomic mass is 19.1. The smallest absolute Gasteiger partial charge is 0.229 e. The number of anilines is 1. The van der Waals surface area contributed by atoms with E-state index in [4.69, 9.17) is 9.47 Å². The SMILES string of the molecule is O=C1CC2(Cc3cc(F)ccc3N1)OCCO2. The number of amides is 1. The predicted molar refractivity (Wildman–Crippen MR) is 58.0 cm³/mol. The lowest BCUT2D eigenvalue weighted by molar-refractivity contribution is -0.165. The highest BCUT2D eigenvalue weighted by Gasteiger charge is 2.41. The van der Waals surface area contributed by atoms with Crippen molar-refractivity contribution in [2.75, 3.05) is 18.5 Å². The predicted octanol–water partition coefficient (Wildman–Crippen LogP) is 1.45. The molecule has 0 unspecified atom stereocenters. The molecular formula is C12H12FNO3. The molecule has 17 heavy (non-hydrogen) atoms. The number of rotatable bonds is 0. The molecule has 1 aromatic carbocycles. The second-order valence-electron chi connectivity index (χ2n) is 4.31. The van der Waals surface area contributed by atoms with Crippen molar-refractivity contribution in [1.29, 1.82) is 0 Å². The zero-order chi connectivity index (χ0) is 11.9. The van der Waals surface area contributed by atoms with Gasteiger partial charge in [0.1, 0.15) is 5.82 Å². The Kier molecular flexibility index (Phi) is 2.38. The molecule has 1 fully saturated rings. The van der Waals surface area contributed by atoms with E-state index in [1.165, 1.54) is 12.1 Å². The van der Waals surface area contributed by atoms with Crippen molar-refractivity contribution in [3.8, 4) is 0 Å². The summed E-state index contributed by atoms with van der Waals surface area (Å²) in [6.45, 7) is 0.940. The molecule has 3 rings (SSSR count). The fraction of sp³-hybridized carbons (Fsp3) is 0.417. The maximum absolute atomic E-state index is 13.2. The number of fused-ring (bicyclic) bond motifs is 1. The minimum absolute atomic E-state index is 0.142. The van der Waals surface area contributed by atoms with Gasteiger partial charge in [-0.25, -0.2) is 4.39 Å². The molecule has 0 bridgehead atoms. The lowest BCUT2D eigenvalue weighted by Gasteiger charge is -2.24. The quantitative estimate of drug-likeness (QED) is 0.743. The summed E-state index contributed by atoms with van der Waals surface area (Å²) in [5, 5.41) is 2.74. The first kappa shape index (κ1) is 10.7. The van der Waals surface area contributed by atoms with Gasteiger partial charge in [0.05, 0.1) is 19.6 Å². The second-order valence-corrected chi connectivity index (χ2v) is 4.31. The van der Waals surface area contributed by atoms with Crippen LogP contribution >= 0.6 is 0 Å². The van der Waals surface area contributed by atoms with E-state index in [0.29, 0.717) is 30.9 Å². The maximum Gasteiger partial charge on any atom is 0.229 e. The Balaban J connectivity index is 2.02. The molecule has 1 aromatic rings. The number of hydrogen-bond donors (Lipinski definition) is 1. The molecule has 1 N–H and O–H groups in total. The Morgan fingerprint density at radius 2 is 2.00 bits per heavy atom. The second kappa shape index (κ2) is 3.78. The molecule has 2 aliphatic heterocycles. The van der Waals surface area contributed by atoms with Gasteiger partial charge >= 0.3 is 0 Å². The van der Waals surface area contributed by atoms with Crippen LogP contribution in [0.25, 0.3) is 0 Å². The highest BCUT2D eigenvalue weighted by molar-refractivity contribution is 5.93. The molecule has 0 atom stereocenters. The summed E-state index contributed by atoms with van der Waals surface area (Å²) in [6.07, 6.45) is 0.530. The maximum atomic E-state index is 13.2. The molecule has 0 saturated carbocycles. The minimum Gasteiger partial charge on any atom is -0.347 e. The van der Waals surface area contributed by atoms with Gasteiger partial charge in [-0.1, -0.05) is 0 Å². The van der Waals surface area contributed by atoms with Crippen LogP contribution in [0.3, 0.4) is 0 Å². The van der Waals surface area contributed by atoms with Gasteiger partial charge in [0, 0.05) is 12.1 Å². The summed E-state index contributed by atoms with van der Waals surface area (Å²) in [5.74, 6) is -1.41. The third-order valence-corrected chi connectivity index (χ3v) is 3.04. The van der Waals surface area contributed by atoms with Gasteiger partial charge in [-0.15, -0.1) is 0 Å². The molecule has 2 heterocycles. The molecule has 4 nitrogen and oxygen atoms in total. The number of hydrogen-bond acceptors (Lipinski definition) is 3. The van der Waals surface area contributed by atoms with Crippen LogP contribution in [0.15, 0.2) is 18.2 Å². The Morgan fingerprint density at radius 3 is 2.76 bits per heavy atom. The van der Waals surface area contributed by atoms with Crippen LogP contribution in [0, 0.1) is 5.82 Å². The van der Waals surface area contributed by atoms with Gasteiger partial charge < -0.3 is 14.8 Å². The molecule has 1 spiro atoms. The van der Waals surface area contributed by atoms with Crippen LogP contribution in [0.4, 0.5) is 10.1 Å². The van der Waals surface area contributed by atoms with Crippen molar-refractivity contribution in [3.05, 3.63) is 29.6 Å².